The van der Waals surface area contributed by atoms with Gasteiger partial charge in [-0.2, -0.15) is 4.98 Å². The Morgan fingerprint density at radius 3 is 2.69 bits per heavy atom. The smallest absolute Gasteiger partial charge is 0.354 e. The molecular formula is C34H46FN9O. The van der Waals surface area contributed by atoms with Crippen molar-refractivity contribution in [3.63, 3.8) is 0 Å². The van der Waals surface area contributed by atoms with Crippen LogP contribution in [0, 0.1) is 18.2 Å². The van der Waals surface area contributed by atoms with Gasteiger partial charge in [0.25, 0.3) is 0 Å². The molecule has 5 rings (SSSR count). The third-order valence-electron chi connectivity index (χ3n) is 8.73. The van der Waals surface area contributed by atoms with Crippen molar-refractivity contribution < 1.29 is 4.39 Å². The number of nitrogens with zero attached hydrogens (tertiary/aromatic N) is 2. The van der Waals surface area contributed by atoms with Gasteiger partial charge in [0.15, 0.2) is 0 Å². The number of nitrogens with two attached hydrogens (primary N) is 3. The van der Waals surface area contributed by atoms with Crippen LogP contribution >= 0.6 is 0 Å². The molecule has 3 heterocycles. The van der Waals surface area contributed by atoms with Crippen molar-refractivity contribution in [1.82, 2.24) is 25.2 Å². The standard InChI is InChI=1S/C34H46FN9O/c1-20-13-22(6-3-5-21(2)38)14-28(32(20)35)30-15-24-19-44(34(45)43-33(24)42-30)27-11-9-23(10-12-27)29-8-4-7-25(40-29)16-26(17-36)41-31(39)18-37/h9-15,19,21,25-26,29,40H,3-8,16-18,36-38H2,1-2H3,(H2,39,41)(H,42,43,45)/t21-,25-,26-,29-/m0/s1. The van der Waals surface area contributed by atoms with Crippen LogP contribution in [0.5, 0.6) is 0 Å². The molecule has 2 aromatic heterocycles. The number of H-pyrrole nitrogens is 1. The second-order valence-corrected chi connectivity index (χ2v) is 12.5. The molecule has 0 aliphatic carbocycles. The van der Waals surface area contributed by atoms with Crippen molar-refractivity contribution in [1.29, 1.82) is 5.41 Å². The molecule has 10 nitrogen and oxygen atoms in total. The maximum absolute atomic E-state index is 15.3. The van der Waals surface area contributed by atoms with Gasteiger partial charge in [-0.15, -0.1) is 0 Å². The predicted molar refractivity (Wildman–Crippen MR) is 179 cm³/mol. The molecule has 2 aromatic carbocycles. The van der Waals surface area contributed by atoms with Gasteiger partial charge >= 0.3 is 5.69 Å². The lowest BCUT2D eigenvalue weighted by molar-refractivity contribution is 0.294. The number of piperidine rings is 1. The molecule has 1 aliphatic rings. The van der Waals surface area contributed by atoms with Crippen molar-refractivity contribution in [2.45, 2.75) is 83.0 Å². The van der Waals surface area contributed by atoms with Crippen LogP contribution in [0.25, 0.3) is 28.0 Å². The van der Waals surface area contributed by atoms with Gasteiger partial charge in [-0.3, -0.25) is 9.98 Å². The third kappa shape index (κ3) is 7.85. The van der Waals surface area contributed by atoms with Crippen LogP contribution < -0.4 is 33.5 Å². The summed E-state index contributed by atoms with van der Waals surface area (Å²) in [6.45, 7) is 4.37. The molecule has 1 saturated heterocycles. The average Bonchev–Trinajstić information content (AvgIpc) is 3.44. The van der Waals surface area contributed by atoms with E-state index in [1.165, 1.54) is 4.57 Å². The van der Waals surface area contributed by atoms with Gasteiger partial charge in [-0.25, -0.2) is 9.18 Å². The van der Waals surface area contributed by atoms with Gasteiger partial charge in [0.1, 0.15) is 17.3 Å². The summed E-state index contributed by atoms with van der Waals surface area (Å²) in [4.78, 5) is 20.5. The van der Waals surface area contributed by atoms with E-state index in [0.29, 0.717) is 40.5 Å². The second kappa shape index (κ2) is 14.5. The first-order valence-electron chi connectivity index (χ1n) is 15.9. The molecule has 0 unspecified atom stereocenters. The van der Waals surface area contributed by atoms with Crippen molar-refractivity contribution in [3.05, 3.63) is 81.7 Å². The fourth-order valence-corrected chi connectivity index (χ4v) is 6.34. The van der Waals surface area contributed by atoms with E-state index in [4.69, 9.17) is 22.6 Å². The van der Waals surface area contributed by atoms with Gasteiger partial charge in [0.2, 0.25) is 0 Å². The molecule has 1 aliphatic heterocycles. The number of amidine groups is 1. The zero-order chi connectivity index (χ0) is 32.1. The number of fused-ring (bicyclic) bond motifs is 1. The monoisotopic (exact) mass is 615 g/mol. The first-order chi connectivity index (χ1) is 21.6. The van der Waals surface area contributed by atoms with Gasteiger partial charge < -0.3 is 32.8 Å². The first kappa shape index (κ1) is 32.5. The summed E-state index contributed by atoms with van der Waals surface area (Å²) in [5.41, 5.74) is 22.0. The van der Waals surface area contributed by atoms with Gasteiger partial charge in [-0.1, -0.05) is 24.6 Å². The Hall–Kier alpha value is -3.90. The Balaban J connectivity index is 1.33. The number of benzene rings is 2. The topological polar surface area (TPSA) is 177 Å². The second-order valence-electron chi connectivity index (χ2n) is 12.5. The average molecular weight is 616 g/mol. The van der Waals surface area contributed by atoms with E-state index in [0.717, 1.165) is 61.5 Å². The van der Waals surface area contributed by atoms with E-state index in [1.54, 1.807) is 13.1 Å². The van der Waals surface area contributed by atoms with Gasteiger partial charge in [0.05, 0.1) is 17.9 Å². The normalized spacial score (nSPS) is 18.2. The highest BCUT2D eigenvalue weighted by Gasteiger charge is 2.25. The number of aromatic amines is 1. The van der Waals surface area contributed by atoms with Crippen LogP contribution in [-0.4, -0.2) is 51.6 Å². The summed E-state index contributed by atoms with van der Waals surface area (Å²) in [6, 6.07) is 14.2. The molecule has 10 N–H and O–H groups in total. The van der Waals surface area contributed by atoms with Crippen molar-refractivity contribution in [3.8, 4) is 16.9 Å². The summed E-state index contributed by atoms with van der Waals surface area (Å²) >= 11 is 0. The van der Waals surface area contributed by atoms with Crippen molar-refractivity contribution >= 4 is 16.9 Å². The maximum atomic E-state index is 15.3. The zero-order valence-corrected chi connectivity index (χ0v) is 26.2. The Kier molecular flexibility index (Phi) is 10.4. The number of halogens is 1. The summed E-state index contributed by atoms with van der Waals surface area (Å²) in [5, 5.41) is 15.4. The maximum Gasteiger partial charge on any atom is 0.354 e. The molecule has 1 fully saturated rings. The highest BCUT2D eigenvalue weighted by molar-refractivity contribution is 5.83. The zero-order valence-electron chi connectivity index (χ0n) is 26.2. The summed E-state index contributed by atoms with van der Waals surface area (Å²) in [5.74, 6) is 0.0131. The molecule has 4 atom stereocenters. The molecule has 4 aromatic rings. The number of aromatic nitrogens is 3. The van der Waals surface area contributed by atoms with E-state index >= 15 is 4.39 Å². The highest BCUT2D eigenvalue weighted by Crippen LogP contribution is 2.30. The number of hydrogen-bond donors (Lipinski definition) is 7. The summed E-state index contributed by atoms with van der Waals surface area (Å²) in [7, 11) is 0. The number of hydrogen-bond acceptors (Lipinski definition) is 7. The molecule has 0 saturated carbocycles. The fourth-order valence-electron chi connectivity index (χ4n) is 6.34. The summed E-state index contributed by atoms with van der Waals surface area (Å²) in [6.07, 6.45) is 8.36. The molecule has 0 spiro atoms. The van der Waals surface area contributed by atoms with Crippen LogP contribution in [0.1, 0.15) is 68.2 Å². The van der Waals surface area contributed by atoms with E-state index in [2.05, 4.69) is 20.6 Å². The molecule has 0 amide bonds. The van der Waals surface area contributed by atoms with Crippen molar-refractivity contribution in [2.24, 2.45) is 17.2 Å². The molecule has 0 bridgehead atoms. The number of nitrogens with one attached hydrogen (secondary N) is 4. The number of aryl methyl sites for hydroxylation is 2. The van der Waals surface area contributed by atoms with Crippen molar-refractivity contribution in [2.75, 3.05) is 13.1 Å². The largest absolute Gasteiger partial charge is 0.369 e. The fraction of sp³-hybridized carbons (Fsp3) is 0.441. The van der Waals surface area contributed by atoms with Crippen LogP contribution in [0.15, 0.2) is 53.5 Å². The summed E-state index contributed by atoms with van der Waals surface area (Å²) < 4.78 is 16.8. The van der Waals surface area contributed by atoms with E-state index in [9.17, 15) is 4.79 Å². The lowest BCUT2D eigenvalue weighted by Crippen LogP contribution is -2.48. The first-order valence-corrected chi connectivity index (χ1v) is 15.9. The number of rotatable bonds is 12. The van der Waals surface area contributed by atoms with E-state index in [-0.39, 0.29) is 36.5 Å². The lowest BCUT2D eigenvalue weighted by atomic mass is 9.90. The molecular weight excluding hydrogens is 569 g/mol. The molecule has 11 heteroatoms. The molecule has 240 valence electrons. The van der Waals surface area contributed by atoms with Crippen LogP contribution in [0.3, 0.4) is 0 Å². The van der Waals surface area contributed by atoms with Gasteiger partial charge in [0, 0.05) is 47.9 Å². The van der Waals surface area contributed by atoms with Crippen LogP contribution in [-0.2, 0) is 6.42 Å². The Labute approximate surface area is 263 Å². The Morgan fingerprint density at radius 1 is 1.20 bits per heavy atom. The minimum Gasteiger partial charge on any atom is -0.369 e. The van der Waals surface area contributed by atoms with E-state index < -0.39 is 5.69 Å². The molecule has 45 heavy (non-hydrogen) atoms. The quantitative estimate of drug-likeness (QED) is 0.0933. The highest BCUT2D eigenvalue weighted by atomic mass is 19.1. The van der Waals surface area contributed by atoms with Crippen LogP contribution in [0.4, 0.5) is 4.39 Å². The third-order valence-corrected chi connectivity index (χ3v) is 8.73. The Bertz CT molecular complexity index is 1680. The predicted octanol–water partition coefficient (Wildman–Crippen LogP) is 3.92. The molecule has 0 radical (unpaired) electrons. The Morgan fingerprint density at radius 2 is 1.98 bits per heavy atom. The minimum absolute atomic E-state index is 0.00220. The SMILES string of the molecule is Cc1cc(CCC[C@H](C)N)cc(-c2cc3cn(-c4ccc([C@@H]5CCC[C@@H](C[C@@H](CN)NC(=N)CN)N5)cc4)c(=O)nc3[nH]2)c1F. The van der Waals surface area contributed by atoms with Crippen LogP contribution in [0.2, 0.25) is 0 Å². The lowest BCUT2D eigenvalue weighted by Gasteiger charge is -2.34. The van der Waals surface area contributed by atoms with Gasteiger partial charge in [-0.05, 0) is 93.3 Å². The van der Waals surface area contributed by atoms with E-state index in [1.807, 2.05) is 49.4 Å². The minimum atomic E-state index is -0.413.